The van der Waals surface area contributed by atoms with Crippen LogP contribution in [0.3, 0.4) is 0 Å². The third-order valence-corrected chi connectivity index (χ3v) is 2.27. The third-order valence-electron chi connectivity index (χ3n) is 2.27. The zero-order chi connectivity index (χ0) is 9.68. The molecule has 0 heterocycles. The van der Waals surface area contributed by atoms with Crippen LogP contribution in [0.15, 0.2) is 24.3 Å². The Kier molecular flexibility index (Phi) is 4.01. The lowest BCUT2D eigenvalue weighted by Crippen LogP contribution is -1.88. The summed E-state index contributed by atoms with van der Waals surface area (Å²) >= 11 is 0. The van der Waals surface area contributed by atoms with Gasteiger partial charge in [0, 0.05) is 0 Å². The Bertz CT molecular complexity index is 231. The minimum absolute atomic E-state index is 0.639. The minimum Gasteiger partial charge on any atom is -0.0654 e. The van der Waals surface area contributed by atoms with Crippen LogP contribution in [-0.4, -0.2) is 0 Å². The van der Waals surface area contributed by atoms with E-state index in [9.17, 15) is 0 Å². The molecule has 71 valence electrons. The quantitative estimate of drug-likeness (QED) is 0.644. The van der Waals surface area contributed by atoms with Gasteiger partial charge in [0.05, 0.1) is 0 Å². The summed E-state index contributed by atoms with van der Waals surface area (Å²) in [7, 11) is 0. The summed E-state index contributed by atoms with van der Waals surface area (Å²) in [6.07, 6.45) is 4.71. The Morgan fingerprint density at radius 2 is 1.77 bits per heavy atom. The summed E-state index contributed by atoms with van der Waals surface area (Å²) in [6, 6.07) is 8.88. The van der Waals surface area contributed by atoms with E-state index in [4.69, 9.17) is 0 Å². The van der Waals surface area contributed by atoms with E-state index in [0.717, 1.165) is 0 Å². The third kappa shape index (κ3) is 3.22. The highest BCUT2D eigenvalue weighted by molar-refractivity contribution is 5.28. The van der Waals surface area contributed by atoms with Crippen LogP contribution in [0.4, 0.5) is 0 Å². The van der Waals surface area contributed by atoms with Crippen molar-refractivity contribution in [3.8, 4) is 0 Å². The van der Waals surface area contributed by atoms with Crippen LogP contribution in [0.2, 0.25) is 0 Å². The molecular weight excluding hydrogens is 156 g/mol. The van der Waals surface area contributed by atoms with Crippen molar-refractivity contribution in [3.63, 3.8) is 0 Å². The van der Waals surface area contributed by atoms with Gasteiger partial charge in [-0.25, -0.2) is 0 Å². The van der Waals surface area contributed by atoms with E-state index in [-0.39, 0.29) is 0 Å². The molecule has 0 N–H and O–H groups in total. The highest BCUT2D eigenvalue weighted by Crippen LogP contribution is 2.16. The zero-order valence-electron chi connectivity index (χ0n) is 8.88. The molecule has 0 aliphatic heterocycles. The summed E-state index contributed by atoms with van der Waals surface area (Å²) in [5, 5.41) is 0. The van der Waals surface area contributed by atoms with E-state index in [1.54, 1.807) is 0 Å². The van der Waals surface area contributed by atoms with Gasteiger partial charge < -0.3 is 0 Å². The maximum Gasteiger partial charge on any atom is -0.00932 e. The molecule has 0 atom stereocenters. The molecule has 0 bridgehead atoms. The molecule has 0 unspecified atom stereocenters. The van der Waals surface area contributed by atoms with Gasteiger partial charge in [-0.3, -0.25) is 0 Å². The molecule has 0 saturated heterocycles. The van der Waals surface area contributed by atoms with Crippen molar-refractivity contribution in [2.24, 2.45) is 0 Å². The van der Waals surface area contributed by atoms with Gasteiger partial charge in [-0.15, -0.1) is 0 Å². The van der Waals surface area contributed by atoms with Gasteiger partial charge in [-0.1, -0.05) is 51.5 Å². The molecule has 0 nitrogen and oxygen atoms in total. The fraction of sp³-hybridized carbons (Fsp3) is 0.462. The van der Waals surface area contributed by atoms with Crippen LogP contribution in [0.5, 0.6) is 0 Å². The van der Waals surface area contributed by atoms with Gasteiger partial charge in [0.2, 0.25) is 0 Å². The van der Waals surface area contributed by atoms with Gasteiger partial charge in [-0.2, -0.15) is 0 Å². The lowest BCUT2D eigenvalue weighted by Gasteiger charge is -2.06. The van der Waals surface area contributed by atoms with E-state index < -0.39 is 0 Å². The predicted octanol–water partition coefficient (Wildman–Crippen LogP) is 4.16. The first-order chi connectivity index (χ1) is 6.24. The van der Waals surface area contributed by atoms with E-state index in [2.05, 4.69) is 51.5 Å². The Hall–Kier alpha value is -0.780. The fourth-order valence-corrected chi connectivity index (χ4v) is 1.33. The van der Waals surface area contributed by atoms with Gasteiger partial charge in [0.15, 0.2) is 0 Å². The van der Waals surface area contributed by atoms with Gasteiger partial charge in [0.1, 0.15) is 0 Å². The summed E-state index contributed by atoms with van der Waals surface area (Å²) < 4.78 is 0. The summed E-state index contributed by atoms with van der Waals surface area (Å²) in [6.45, 7) is 6.66. The number of rotatable bonds is 4. The van der Waals surface area contributed by atoms with E-state index in [0.29, 0.717) is 5.92 Å². The molecule has 0 fully saturated rings. The van der Waals surface area contributed by atoms with Crippen molar-refractivity contribution in [2.75, 3.05) is 0 Å². The lowest BCUT2D eigenvalue weighted by atomic mass is 10.00. The van der Waals surface area contributed by atoms with Crippen molar-refractivity contribution in [2.45, 2.75) is 39.5 Å². The molecule has 0 aliphatic carbocycles. The fourth-order valence-electron chi connectivity index (χ4n) is 1.33. The first-order valence-corrected chi connectivity index (χ1v) is 5.17. The average Bonchev–Trinajstić information content (AvgIpc) is 2.15. The number of benzene rings is 1. The SMILES string of the molecule is CCC[CH]c1ccc(C(C)C)cc1. The van der Waals surface area contributed by atoms with Crippen LogP contribution in [0.1, 0.15) is 50.7 Å². The van der Waals surface area contributed by atoms with Crippen molar-refractivity contribution in [1.82, 2.24) is 0 Å². The van der Waals surface area contributed by atoms with Crippen LogP contribution < -0.4 is 0 Å². The predicted molar refractivity (Wildman–Crippen MR) is 58.8 cm³/mol. The molecule has 0 amide bonds. The van der Waals surface area contributed by atoms with Crippen LogP contribution in [0.25, 0.3) is 0 Å². The van der Waals surface area contributed by atoms with E-state index >= 15 is 0 Å². The second kappa shape index (κ2) is 5.06. The molecule has 0 aromatic heterocycles. The molecule has 0 heteroatoms. The number of unbranched alkanes of at least 4 members (excludes halogenated alkanes) is 1. The first kappa shape index (κ1) is 10.3. The highest BCUT2D eigenvalue weighted by Gasteiger charge is 1.98. The number of hydrogen-bond donors (Lipinski definition) is 0. The Morgan fingerprint density at radius 3 is 2.23 bits per heavy atom. The average molecular weight is 175 g/mol. The lowest BCUT2D eigenvalue weighted by molar-refractivity contribution is 0.864. The Balaban J connectivity index is 2.59. The molecule has 1 aromatic carbocycles. The van der Waals surface area contributed by atoms with Crippen molar-refractivity contribution < 1.29 is 0 Å². The van der Waals surface area contributed by atoms with Gasteiger partial charge in [-0.05, 0) is 29.9 Å². The largest absolute Gasteiger partial charge is 0.0654 e. The molecule has 0 saturated carbocycles. The summed E-state index contributed by atoms with van der Waals surface area (Å²) in [4.78, 5) is 0. The highest BCUT2D eigenvalue weighted by atomic mass is 14.0. The van der Waals surface area contributed by atoms with Crippen LogP contribution >= 0.6 is 0 Å². The Morgan fingerprint density at radius 1 is 1.15 bits per heavy atom. The monoisotopic (exact) mass is 175 g/mol. The zero-order valence-corrected chi connectivity index (χ0v) is 8.88. The minimum atomic E-state index is 0.639. The van der Waals surface area contributed by atoms with Crippen molar-refractivity contribution in [3.05, 3.63) is 41.8 Å². The standard InChI is InChI=1S/C13H19/c1-4-5-6-12-7-9-13(10-8-12)11(2)3/h6-11H,4-5H2,1-3H3. The molecule has 1 aromatic rings. The molecule has 13 heavy (non-hydrogen) atoms. The van der Waals surface area contributed by atoms with Gasteiger partial charge in [0.25, 0.3) is 0 Å². The van der Waals surface area contributed by atoms with Gasteiger partial charge >= 0.3 is 0 Å². The van der Waals surface area contributed by atoms with E-state index in [1.807, 2.05) is 0 Å². The molecule has 0 spiro atoms. The molecule has 0 aliphatic rings. The maximum atomic E-state index is 2.30. The smallest absolute Gasteiger partial charge is 0.00932 e. The van der Waals surface area contributed by atoms with Crippen LogP contribution in [0, 0.1) is 6.42 Å². The van der Waals surface area contributed by atoms with Crippen LogP contribution in [-0.2, 0) is 0 Å². The molecule has 1 rings (SSSR count). The van der Waals surface area contributed by atoms with E-state index in [1.165, 1.54) is 24.0 Å². The summed E-state index contributed by atoms with van der Waals surface area (Å²) in [5.74, 6) is 0.639. The molecule has 1 radical (unpaired) electrons. The second-order valence-corrected chi connectivity index (χ2v) is 3.81. The van der Waals surface area contributed by atoms with Crippen molar-refractivity contribution >= 4 is 0 Å². The van der Waals surface area contributed by atoms with Crippen molar-refractivity contribution in [1.29, 1.82) is 0 Å². The first-order valence-electron chi connectivity index (χ1n) is 5.17. The normalized spacial score (nSPS) is 10.8. The number of hydrogen-bond acceptors (Lipinski definition) is 0. The Labute approximate surface area is 82.0 Å². The molecular formula is C13H19. The summed E-state index contributed by atoms with van der Waals surface area (Å²) in [5.41, 5.74) is 2.78. The second-order valence-electron chi connectivity index (χ2n) is 3.81. The topological polar surface area (TPSA) is 0 Å². The maximum absolute atomic E-state index is 2.30.